The zero-order valence-corrected chi connectivity index (χ0v) is 5.04. The standard InChI is InChI=1S/C2H2N4O2S/c7-6(8)4-2-1-9-5-3-2/h1H2/b4-2-. The second-order valence-corrected chi connectivity index (χ2v) is 1.92. The molecule has 1 heterocycles. The average molecular weight is 146 g/mol. The van der Waals surface area contributed by atoms with Crippen LogP contribution in [0.25, 0.3) is 0 Å². The maximum atomic E-state index is 9.66. The van der Waals surface area contributed by atoms with E-state index in [1.54, 1.807) is 0 Å². The molecule has 0 spiro atoms. The number of amidine groups is 1. The number of rotatable bonds is 1. The Balaban J connectivity index is 2.61. The van der Waals surface area contributed by atoms with E-state index < -0.39 is 5.03 Å². The molecule has 0 fully saturated rings. The number of nitrogens with zero attached hydrogens (tertiary/aromatic N) is 4. The molecule has 0 aromatic rings. The van der Waals surface area contributed by atoms with Crippen LogP contribution in [0.1, 0.15) is 0 Å². The maximum absolute atomic E-state index is 9.66. The van der Waals surface area contributed by atoms with Crippen LogP contribution in [0.15, 0.2) is 14.7 Å². The summed E-state index contributed by atoms with van der Waals surface area (Å²) in [5.74, 6) is 0.575. The third kappa shape index (κ3) is 1.76. The normalized spacial score (nSPS) is 21.1. The molecule has 6 nitrogen and oxygen atoms in total. The lowest BCUT2D eigenvalue weighted by Crippen LogP contribution is -1.96. The topological polar surface area (TPSA) is 80.2 Å². The van der Waals surface area contributed by atoms with Gasteiger partial charge >= 0.3 is 0 Å². The molecule has 1 aliphatic heterocycles. The van der Waals surface area contributed by atoms with Crippen LogP contribution in [-0.2, 0) is 0 Å². The molecular weight excluding hydrogens is 144 g/mol. The highest BCUT2D eigenvalue weighted by Gasteiger charge is 2.08. The minimum Gasteiger partial charge on any atom is -0.233 e. The third-order valence-corrected chi connectivity index (χ3v) is 1.19. The second-order valence-electron chi connectivity index (χ2n) is 1.21. The van der Waals surface area contributed by atoms with Gasteiger partial charge in [-0.15, -0.1) is 9.63 Å². The smallest absolute Gasteiger partial charge is 0.233 e. The van der Waals surface area contributed by atoms with Crippen LogP contribution in [0.3, 0.4) is 0 Å². The van der Waals surface area contributed by atoms with Crippen molar-refractivity contribution in [2.75, 3.05) is 5.75 Å². The Bertz CT molecular complexity index is 187. The molecule has 1 aliphatic rings. The molecule has 7 heteroatoms. The molecule has 0 N–H and O–H groups in total. The quantitative estimate of drug-likeness (QED) is 0.310. The molecule has 1 rings (SSSR count). The number of hydrogen-bond acceptors (Lipinski definition) is 4. The van der Waals surface area contributed by atoms with E-state index in [1.165, 1.54) is 0 Å². The van der Waals surface area contributed by atoms with Crippen molar-refractivity contribution in [3.63, 3.8) is 0 Å². The Labute approximate surface area is 54.3 Å². The van der Waals surface area contributed by atoms with E-state index in [0.717, 1.165) is 11.9 Å². The predicted octanol–water partition coefficient (Wildman–Crippen LogP) is 0.691. The van der Waals surface area contributed by atoms with Crippen molar-refractivity contribution in [1.82, 2.24) is 0 Å². The van der Waals surface area contributed by atoms with Gasteiger partial charge in [0.05, 0.1) is 10.9 Å². The zero-order chi connectivity index (χ0) is 6.69. The van der Waals surface area contributed by atoms with Gasteiger partial charge in [0.2, 0.25) is 5.84 Å². The molecule has 48 valence electrons. The molecule has 0 saturated heterocycles. The molecule has 0 aromatic heterocycles. The second kappa shape index (κ2) is 2.53. The Morgan fingerprint density at radius 1 is 1.89 bits per heavy atom. The lowest BCUT2D eigenvalue weighted by Gasteiger charge is -1.76. The van der Waals surface area contributed by atoms with E-state index in [0.29, 0.717) is 5.75 Å². The first-order valence-corrected chi connectivity index (χ1v) is 2.98. The van der Waals surface area contributed by atoms with Gasteiger partial charge in [0.25, 0.3) is 0 Å². The van der Waals surface area contributed by atoms with Crippen LogP contribution in [0.4, 0.5) is 0 Å². The summed E-state index contributed by atoms with van der Waals surface area (Å²) in [7, 11) is 0. The SMILES string of the molecule is O=[N+]([O-])/N=C1/CSN=N1. The summed E-state index contributed by atoms with van der Waals surface area (Å²) in [6.07, 6.45) is 0. The summed E-state index contributed by atoms with van der Waals surface area (Å²) in [6.45, 7) is 0. The van der Waals surface area contributed by atoms with Gasteiger partial charge in [-0.3, -0.25) is 0 Å². The van der Waals surface area contributed by atoms with Gasteiger partial charge in [-0.2, -0.15) is 0 Å². The van der Waals surface area contributed by atoms with Crippen LogP contribution in [-0.4, -0.2) is 16.6 Å². The van der Waals surface area contributed by atoms with Crippen LogP contribution < -0.4 is 0 Å². The molecule has 0 amide bonds. The highest BCUT2D eigenvalue weighted by molar-refractivity contribution is 7.98. The van der Waals surface area contributed by atoms with E-state index >= 15 is 0 Å². The lowest BCUT2D eigenvalue weighted by molar-refractivity contribution is -0.485. The average Bonchev–Trinajstić information content (AvgIpc) is 2.15. The monoisotopic (exact) mass is 146 g/mol. The van der Waals surface area contributed by atoms with E-state index in [4.69, 9.17) is 0 Å². The molecule has 0 radical (unpaired) electrons. The van der Waals surface area contributed by atoms with Gasteiger partial charge in [0, 0.05) is 11.9 Å². The largest absolute Gasteiger partial charge is 0.236 e. The van der Waals surface area contributed by atoms with Gasteiger partial charge in [-0.1, -0.05) is 0 Å². The van der Waals surface area contributed by atoms with Crippen LogP contribution in [0.5, 0.6) is 0 Å². The van der Waals surface area contributed by atoms with Crippen molar-refractivity contribution in [2.45, 2.75) is 0 Å². The van der Waals surface area contributed by atoms with Crippen molar-refractivity contribution >= 4 is 17.8 Å². The predicted molar refractivity (Wildman–Crippen MR) is 31.7 cm³/mol. The third-order valence-electron chi connectivity index (χ3n) is 0.605. The summed E-state index contributed by atoms with van der Waals surface area (Å²) in [4.78, 5) is 9.66. The van der Waals surface area contributed by atoms with Crippen LogP contribution in [0, 0.1) is 10.1 Å². The van der Waals surface area contributed by atoms with Gasteiger partial charge in [-0.25, -0.2) is 10.1 Å². The first-order valence-electron chi connectivity index (χ1n) is 2.04. The van der Waals surface area contributed by atoms with Gasteiger partial charge in [-0.05, 0) is 0 Å². The van der Waals surface area contributed by atoms with Gasteiger partial charge in [0.15, 0.2) is 5.03 Å². The van der Waals surface area contributed by atoms with E-state index in [2.05, 4.69) is 14.7 Å². The van der Waals surface area contributed by atoms with Crippen molar-refractivity contribution in [3.05, 3.63) is 10.1 Å². The molecule has 0 bridgehead atoms. The van der Waals surface area contributed by atoms with E-state index in [-0.39, 0.29) is 5.84 Å². The van der Waals surface area contributed by atoms with Crippen molar-refractivity contribution in [2.24, 2.45) is 14.7 Å². The fourth-order valence-corrected chi connectivity index (χ4v) is 0.775. The van der Waals surface area contributed by atoms with Crippen LogP contribution >= 0.6 is 11.9 Å². The molecule has 0 aliphatic carbocycles. The molecule has 0 saturated carbocycles. The van der Waals surface area contributed by atoms with E-state index in [1.807, 2.05) is 0 Å². The first-order chi connectivity index (χ1) is 4.29. The Morgan fingerprint density at radius 2 is 2.67 bits per heavy atom. The molecule has 0 atom stereocenters. The molecule has 9 heavy (non-hydrogen) atoms. The fourth-order valence-electron chi connectivity index (χ4n) is 0.335. The summed E-state index contributed by atoms with van der Waals surface area (Å²) < 4.78 is 3.42. The van der Waals surface area contributed by atoms with Crippen molar-refractivity contribution in [3.8, 4) is 0 Å². The van der Waals surface area contributed by atoms with Gasteiger partial charge < -0.3 is 0 Å². The number of hydrazone groups is 1. The number of nitro groups is 1. The molecule has 0 aromatic carbocycles. The summed E-state index contributed by atoms with van der Waals surface area (Å²) >= 11 is 1.15. The minimum atomic E-state index is -0.778. The maximum Gasteiger partial charge on any atom is 0.236 e. The van der Waals surface area contributed by atoms with Crippen molar-refractivity contribution in [1.29, 1.82) is 0 Å². The highest BCUT2D eigenvalue weighted by Crippen LogP contribution is 2.11. The minimum absolute atomic E-state index is 0.171. The summed E-state index contributed by atoms with van der Waals surface area (Å²) in [6, 6.07) is 0. The summed E-state index contributed by atoms with van der Waals surface area (Å²) in [5.41, 5.74) is 0. The Morgan fingerprint density at radius 3 is 3.11 bits per heavy atom. The fraction of sp³-hybridized carbons (Fsp3) is 0.500. The Kier molecular flexibility index (Phi) is 1.73. The summed E-state index contributed by atoms with van der Waals surface area (Å²) in [5, 5.41) is 15.2. The Hall–Kier alpha value is -0.980. The van der Waals surface area contributed by atoms with Gasteiger partial charge in [0.1, 0.15) is 0 Å². The van der Waals surface area contributed by atoms with Crippen molar-refractivity contribution < 1.29 is 5.03 Å². The molecule has 0 unspecified atom stereocenters. The first kappa shape index (κ1) is 6.14. The van der Waals surface area contributed by atoms with Crippen LogP contribution in [0.2, 0.25) is 0 Å². The lowest BCUT2D eigenvalue weighted by atomic mass is 10.7. The molecular formula is C2H2N4O2S. The highest BCUT2D eigenvalue weighted by atomic mass is 32.2. The zero-order valence-electron chi connectivity index (χ0n) is 4.22. The van der Waals surface area contributed by atoms with E-state index in [9.17, 15) is 10.1 Å². The number of hydrogen-bond donors (Lipinski definition) is 0.